The summed E-state index contributed by atoms with van der Waals surface area (Å²) >= 11 is 0. The van der Waals surface area contributed by atoms with Crippen molar-refractivity contribution in [3.05, 3.63) is 113 Å². The Bertz CT molecular complexity index is 1410. The molecule has 3 aromatic carbocycles. The molecule has 32 heavy (non-hydrogen) atoms. The third-order valence-corrected chi connectivity index (χ3v) is 6.24. The second kappa shape index (κ2) is 7.69. The van der Waals surface area contributed by atoms with Gasteiger partial charge in [0.15, 0.2) is 0 Å². The van der Waals surface area contributed by atoms with Crippen LogP contribution < -0.4 is 10.1 Å². The van der Waals surface area contributed by atoms with Crippen LogP contribution in [0.5, 0.6) is 11.5 Å². The van der Waals surface area contributed by atoms with Crippen LogP contribution in [-0.2, 0) is 5.41 Å². The monoisotopic (exact) mass is 419 g/mol. The quantitative estimate of drug-likeness (QED) is 0.265. The zero-order valence-electron chi connectivity index (χ0n) is 18.5. The minimum absolute atomic E-state index is 0.0193. The lowest BCUT2D eigenvalue weighted by atomic mass is 9.76. The van der Waals surface area contributed by atoms with E-state index in [9.17, 15) is 0 Å². The number of aryl methyl sites for hydroxylation is 1. The van der Waals surface area contributed by atoms with Crippen molar-refractivity contribution in [2.75, 3.05) is 0 Å². The van der Waals surface area contributed by atoms with Crippen molar-refractivity contribution >= 4 is 11.0 Å². The molecule has 2 aliphatic heterocycles. The van der Waals surface area contributed by atoms with Crippen molar-refractivity contribution < 1.29 is 9.15 Å². The summed E-state index contributed by atoms with van der Waals surface area (Å²) in [5.74, 6) is 2.74. The number of rotatable bonds is 0. The fourth-order valence-electron chi connectivity index (χ4n) is 4.45. The fraction of sp³-hybridized carbons (Fsp3) is 0.138. The van der Waals surface area contributed by atoms with Crippen LogP contribution in [0.3, 0.4) is 0 Å². The first kappa shape index (κ1) is 20.1. The normalized spacial score (nSPS) is 13.5. The van der Waals surface area contributed by atoms with E-state index in [1.54, 1.807) is 12.1 Å². The lowest BCUT2D eigenvalue weighted by Crippen LogP contribution is -2.23. The molecule has 0 saturated carbocycles. The summed E-state index contributed by atoms with van der Waals surface area (Å²) in [4.78, 5) is 0. The average Bonchev–Trinajstić information content (AvgIpc) is 2.80. The molecule has 3 aliphatic rings. The van der Waals surface area contributed by atoms with E-state index in [2.05, 4.69) is 51.1 Å². The number of ether oxygens (including phenoxy) is 1. The van der Waals surface area contributed by atoms with Gasteiger partial charge in [-0.25, -0.2) is 0 Å². The molecule has 0 atom stereocenters. The maximum absolute atomic E-state index is 7.60. The highest BCUT2D eigenvalue weighted by atomic mass is 16.5. The second-order valence-corrected chi connectivity index (χ2v) is 8.65. The van der Waals surface area contributed by atoms with Gasteiger partial charge in [0.05, 0.1) is 5.36 Å². The number of fused-ring (bicyclic) bond motifs is 4. The highest BCUT2D eigenvalue weighted by molar-refractivity contribution is 5.87. The van der Waals surface area contributed by atoms with E-state index in [4.69, 9.17) is 14.6 Å². The van der Waals surface area contributed by atoms with Gasteiger partial charge in [-0.15, -0.1) is 0 Å². The largest absolute Gasteiger partial charge is 0.457 e. The zero-order chi connectivity index (χ0) is 22.3. The van der Waals surface area contributed by atoms with Crippen molar-refractivity contribution in [1.82, 2.24) is 0 Å². The standard InChI is InChI=1S/C15H14O.C14H11NO/c1-15(2)11-7-3-5-9-13(11)16-14-10-6-4-8-12(14)15;1-9-11-4-2-3-5-13(11)16-14-8-10(15)6-7-12(9)14/h3-10H,1-2H3;2-8,15H,1H3. The van der Waals surface area contributed by atoms with E-state index in [0.717, 1.165) is 33.8 Å². The number of nitrogens with one attached hydrogen (secondary N) is 1. The summed E-state index contributed by atoms with van der Waals surface area (Å²) in [5.41, 5.74) is 5.69. The number of hydrogen-bond acceptors (Lipinski definition) is 3. The topological polar surface area (TPSA) is 46.2 Å². The minimum atomic E-state index is 0.0193. The third-order valence-electron chi connectivity index (χ3n) is 6.24. The average molecular weight is 420 g/mol. The Hall–Kier alpha value is -3.85. The lowest BCUT2D eigenvalue weighted by molar-refractivity contribution is 0.418. The molecule has 0 aromatic heterocycles. The molecule has 2 heterocycles. The molecule has 0 unspecified atom stereocenters. The Kier molecular flexibility index (Phi) is 4.82. The van der Waals surface area contributed by atoms with Crippen molar-refractivity contribution in [3.63, 3.8) is 0 Å². The summed E-state index contributed by atoms with van der Waals surface area (Å²) in [6.07, 6.45) is 0. The number of hydrogen-bond donors (Lipinski definition) is 1. The van der Waals surface area contributed by atoms with Gasteiger partial charge in [0, 0.05) is 33.6 Å². The van der Waals surface area contributed by atoms with Crippen LogP contribution in [0.1, 0.15) is 30.5 Å². The molecule has 0 radical (unpaired) electrons. The van der Waals surface area contributed by atoms with Gasteiger partial charge in [0.25, 0.3) is 0 Å². The van der Waals surface area contributed by atoms with Gasteiger partial charge in [0.1, 0.15) is 22.8 Å². The first-order chi connectivity index (χ1) is 15.4. The van der Waals surface area contributed by atoms with Gasteiger partial charge >= 0.3 is 0 Å². The van der Waals surface area contributed by atoms with Crippen molar-refractivity contribution in [2.24, 2.45) is 0 Å². The molecule has 0 spiro atoms. The molecule has 0 bridgehead atoms. The van der Waals surface area contributed by atoms with E-state index in [1.165, 1.54) is 16.7 Å². The van der Waals surface area contributed by atoms with Gasteiger partial charge in [-0.1, -0.05) is 68.4 Å². The summed E-state index contributed by atoms with van der Waals surface area (Å²) in [7, 11) is 0. The highest BCUT2D eigenvalue weighted by Gasteiger charge is 2.33. The van der Waals surface area contributed by atoms with Crippen molar-refractivity contribution in [3.8, 4) is 22.8 Å². The fourth-order valence-corrected chi connectivity index (χ4v) is 4.45. The van der Waals surface area contributed by atoms with Gasteiger partial charge in [-0.3, -0.25) is 0 Å². The zero-order valence-corrected chi connectivity index (χ0v) is 18.5. The molecule has 158 valence electrons. The smallest absolute Gasteiger partial charge is 0.137 e. The van der Waals surface area contributed by atoms with E-state index in [0.29, 0.717) is 5.36 Å². The Labute approximate surface area is 187 Å². The van der Waals surface area contributed by atoms with Crippen LogP contribution in [0.15, 0.2) is 95.4 Å². The van der Waals surface area contributed by atoms with Crippen LogP contribution in [0.2, 0.25) is 0 Å². The van der Waals surface area contributed by atoms with E-state index in [1.807, 2.05) is 48.5 Å². The number of para-hydroxylation sites is 3. The van der Waals surface area contributed by atoms with Gasteiger partial charge < -0.3 is 14.6 Å². The van der Waals surface area contributed by atoms with E-state index >= 15 is 0 Å². The van der Waals surface area contributed by atoms with Crippen LogP contribution in [0, 0.1) is 12.3 Å². The molecule has 6 rings (SSSR count). The molecular formula is C29H25NO2. The predicted octanol–water partition coefficient (Wildman–Crippen LogP) is 7.44. The van der Waals surface area contributed by atoms with E-state index in [-0.39, 0.29) is 5.41 Å². The summed E-state index contributed by atoms with van der Waals surface area (Å²) in [6, 6.07) is 30.0. The highest BCUT2D eigenvalue weighted by Crippen LogP contribution is 2.47. The summed E-state index contributed by atoms with van der Waals surface area (Å²) in [6.45, 7) is 6.57. The first-order valence-electron chi connectivity index (χ1n) is 10.8. The SMILES string of the molecule is CC1(C)c2ccccc2Oc2ccccc21.Cc1c2ccc(=N)cc-2oc2ccccc12. The van der Waals surface area contributed by atoms with Gasteiger partial charge in [-0.2, -0.15) is 0 Å². The maximum atomic E-state index is 7.60. The van der Waals surface area contributed by atoms with Crippen molar-refractivity contribution in [1.29, 1.82) is 5.41 Å². The maximum Gasteiger partial charge on any atom is 0.137 e. The van der Waals surface area contributed by atoms with Crippen LogP contribution >= 0.6 is 0 Å². The molecule has 3 heteroatoms. The number of benzene rings is 4. The Morgan fingerprint density at radius 3 is 2.00 bits per heavy atom. The summed E-state index contributed by atoms with van der Waals surface area (Å²) < 4.78 is 11.7. The summed E-state index contributed by atoms with van der Waals surface area (Å²) in [5, 5.41) is 9.21. The van der Waals surface area contributed by atoms with Gasteiger partial charge in [0.2, 0.25) is 0 Å². The Morgan fingerprint density at radius 2 is 1.31 bits per heavy atom. The molecule has 0 fully saturated rings. The van der Waals surface area contributed by atoms with Crippen molar-refractivity contribution in [2.45, 2.75) is 26.2 Å². The molecule has 1 aliphatic carbocycles. The lowest BCUT2D eigenvalue weighted by Gasteiger charge is -2.34. The molecular weight excluding hydrogens is 394 g/mol. The van der Waals surface area contributed by atoms with Crippen LogP contribution in [0.25, 0.3) is 22.3 Å². The Balaban J connectivity index is 0.000000135. The van der Waals surface area contributed by atoms with E-state index < -0.39 is 0 Å². The second-order valence-electron chi connectivity index (χ2n) is 8.65. The van der Waals surface area contributed by atoms with Crippen LogP contribution in [-0.4, -0.2) is 0 Å². The van der Waals surface area contributed by atoms with Crippen LogP contribution in [0.4, 0.5) is 0 Å². The third kappa shape index (κ3) is 3.36. The molecule has 0 saturated heterocycles. The first-order valence-corrected chi connectivity index (χ1v) is 10.8. The molecule has 3 aromatic rings. The predicted molar refractivity (Wildman–Crippen MR) is 129 cm³/mol. The molecule has 3 nitrogen and oxygen atoms in total. The minimum Gasteiger partial charge on any atom is -0.457 e. The van der Waals surface area contributed by atoms with Gasteiger partial charge in [-0.05, 0) is 42.8 Å². The Morgan fingerprint density at radius 1 is 0.719 bits per heavy atom. The molecule has 0 amide bonds. The molecule has 1 N–H and O–H groups in total.